The Morgan fingerprint density at radius 3 is 1.19 bits per heavy atom. The fourth-order valence-electron chi connectivity index (χ4n) is 2.65. The molecule has 0 aliphatic rings. The first kappa shape index (κ1) is 23.5. The van der Waals surface area contributed by atoms with E-state index in [1.807, 2.05) is 0 Å². The fraction of sp³-hybridized carbons (Fsp3) is 0.944. The van der Waals surface area contributed by atoms with E-state index in [1.54, 1.807) is 0 Å². The van der Waals surface area contributed by atoms with Crippen molar-refractivity contribution >= 4 is 29.9 Å². The second kappa shape index (κ2) is 20.3. The first-order valence-electron chi connectivity index (χ1n) is 8.99. The van der Waals surface area contributed by atoms with Gasteiger partial charge < -0.3 is 5.11 Å². The molecule has 0 bridgehead atoms. The van der Waals surface area contributed by atoms with Crippen LogP contribution in [0, 0.1) is 0 Å². The monoisotopic (exact) mass is 404 g/mol. The Morgan fingerprint density at radius 2 is 0.905 bits per heavy atom. The summed E-state index contributed by atoms with van der Waals surface area (Å²) in [4.78, 5) is 10.3. The maximum Gasteiger partial charge on any atom is 0.303 e. The molecule has 0 saturated carbocycles. The minimum atomic E-state index is -0.653. The number of carbonyl (C=O) groups is 1. The first-order chi connectivity index (χ1) is 9.77. The van der Waals surface area contributed by atoms with E-state index < -0.39 is 5.97 Å². The Bertz CT molecular complexity index is 207. The molecule has 4 radical (unpaired) electrons. The zero-order valence-corrected chi connectivity index (χ0v) is 17.0. The van der Waals surface area contributed by atoms with Crippen LogP contribution in [0.3, 0.4) is 0 Å². The first-order valence-corrected chi connectivity index (χ1v) is 8.99. The third-order valence-electron chi connectivity index (χ3n) is 3.99. The number of rotatable bonds is 16. The molecule has 0 aliphatic heterocycles. The zero-order chi connectivity index (χ0) is 14.9. The molecular formula is C18H36O2Sn. The largest absolute Gasteiger partial charge is 0.481 e. The van der Waals surface area contributed by atoms with Gasteiger partial charge in [0.1, 0.15) is 0 Å². The smallest absolute Gasteiger partial charge is 0.303 e. The second-order valence-corrected chi connectivity index (χ2v) is 6.09. The van der Waals surface area contributed by atoms with Gasteiger partial charge in [-0.15, -0.1) is 0 Å². The van der Waals surface area contributed by atoms with Gasteiger partial charge in [0.2, 0.25) is 0 Å². The molecular weight excluding hydrogens is 367 g/mol. The van der Waals surface area contributed by atoms with Crippen LogP contribution >= 0.6 is 0 Å². The van der Waals surface area contributed by atoms with Gasteiger partial charge >= 0.3 is 5.97 Å². The summed E-state index contributed by atoms with van der Waals surface area (Å²) in [5.41, 5.74) is 0. The van der Waals surface area contributed by atoms with Gasteiger partial charge in [-0.25, -0.2) is 0 Å². The Morgan fingerprint density at radius 1 is 0.619 bits per heavy atom. The van der Waals surface area contributed by atoms with E-state index in [2.05, 4.69) is 6.92 Å². The van der Waals surface area contributed by atoms with Gasteiger partial charge in [-0.2, -0.15) is 0 Å². The van der Waals surface area contributed by atoms with Crippen molar-refractivity contribution in [2.75, 3.05) is 0 Å². The van der Waals surface area contributed by atoms with Gasteiger partial charge in [0, 0.05) is 30.3 Å². The summed E-state index contributed by atoms with van der Waals surface area (Å²) in [5, 5.41) is 8.52. The molecule has 0 fully saturated rings. The molecule has 0 aliphatic carbocycles. The number of hydrogen-bond acceptors (Lipinski definition) is 1. The van der Waals surface area contributed by atoms with Crippen LogP contribution in [0.15, 0.2) is 0 Å². The summed E-state index contributed by atoms with van der Waals surface area (Å²) in [6.07, 6.45) is 20.2. The van der Waals surface area contributed by atoms with Crippen LogP contribution in [-0.4, -0.2) is 35.0 Å². The van der Waals surface area contributed by atoms with E-state index in [0.29, 0.717) is 6.42 Å². The van der Waals surface area contributed by atoms with Crippen LogP contribution in [0.1, 0.15) is 110 Å². The molecule has 1 N–H and O–H groups in total. The fourth-order valence-corrected chi connectivity index (χ4v) is 2.65. The molecule has 0 saturated heterocycles. The van der Waals surface area contributed by atoms with E-state index in [1.165, 1.54) is 83.5 Å². The van der Waals surface area contributed by atoms with E-state index in [9.17, 15) is 4.79 Å². The summed E-state index contributed by atoms with van der Waals surface area (Å²) < 4.78 is 0. The van der Waals surface area contributed by atoms with Crippen LogP contribution in [0.2, 0.25) is 0 Å². The number of carboxylic acids is 1. The molecule has 0 aromatic rings. The van der Waals surface area contributed by atoms with Crippen LogP contribution < -0.4 is 0 Å². The molecule has 0 amide bonds. The third kappa shape index (κ3) is 22.7. The average Bonchev–Trinajstić information content (AvgIpc) is 2.43. The summed E-state index contributed by atoms with van der Waals surface area (Å²) >= 11 is 0. The predicted molar refractivity (Wildman–Crippen MR) is 92.9 cm³/mol. The van der Waals surface area contributed by atoms with Crippen LogP contribution in [0.25, 0.3) is 0 Å². The zero-order valence-electron chi connectivity index (χ0n) is 14.2. The molecule has 0 aromatic heterocycles. The van der Waals surface area contributed by atoms with Gasteiger partial charge in [-0.1, -0.05) is 96.8 Å². The minimum Gasteiger partial charge on any atom is -0.481 e. The van der Waals surface area contributed by atoms with E-state index >= 15 is 0 Å². The third-order valence-corrected chi connectivity index (χ3v) is 3.99. The standard InChI is InChI=1S/C18H36O2.Sn/c1-2-3-4-5-6-7-8-9-10-11-12-13-14-15-16-17-18(19)20;/h2-17H2,1H3,(H,19,20);. The Labute approximate surface area is 149 Å². The molecule has 3 heteroatoms. The van der Waals surface area contributed by atoms with E-state index in [0.717, 1.165) is 12.8 Å². The van der Waals surface area contributed by atoms with Crippen LogP contribution in [-0.2, 0) is 4.79 Å². The van der Waals surface area contributed by atoms with Gasteiger partial charge in [0.15, 0.2) is 0 Å². The van der Waals surface area contributed by atoms with Gasteiger partial charge in [0.25, 0.3) is 0 Å². The summed E-state index contributed by atoms with van der Waals surface area (Å²) in [5.74, 6) is -0.653. The van der Waals surface area contributed by atoms with Crippen molar-refractivity contribution in [1.82, 2.24) is 0 Å². The molecule has 2 nitrogen and oxygen atoms in total. The van der Waals surface area contributed by atoms with Crippen molar-refractivity contribution in [3.8, 4) is 0 Å². The maximum atomic E-state index is 10.3. The van der Waals surface area contributed by atoms with E-state index in [-0.39, 0.29) is 23.9 Å². The molecule has 0 unspecified atom stereocenters. The minimum absolute atomic E-state index is 0. The number of unbranched alkanes of at least 4 members (excludes halogenated alkanes) is 14. The molecule has 0 rings (SSSR count). The topological polar surface area (TPSA) is 37.3 Å². The van der Waals surface area contributed by atoms with Crippen molar-refractivity contribution in [1.29, 1.82) is 0 Å². The normalized spacial score (nSPS) is 10.3. The molecule has 0 aromatic carbocycles. The van der Waals surface area contributed by atoms with E-state index in [4.69, 9.17) is 5.11 Å². The van der Waals surface area contributed by atoms with Crippen molar-refractivity contribution in [2.45, 2.75) is 110 Å². The summed E-state index contributed by atoms with van der Waals surface area (Å²) in [6, 6.07) is 0. The maximum absolute atomic E-state index is 10.3. The average molecular weight is 403 g/mol. The quantitative estimate of drug-likeness (QED) is 0.255. The SMILES string of the molecule is CCCCCCCCCCCCCCCCCC(=O)O.[Sn]. The molecule has 124 valence electrons. The van der Waals surface area contributed by atoms with Gasteiger partial charge in [-0.3, -0.25) is 4.79 Å². The molecule has 21 heavy (non-hydrogen) atoms. The van der Waals surface area contributed by atoms with Crippen LogP contribution in [0.5, 0.6) is 0 Å². The predicted octanol–water partition coefficient (Wildman–Crippen LogP) is 5.95. The molecule has 0 spiro atoms. The number of hydrogen-bond donors (Lipinski definition) is 1. The molecule has 0 heterocycles. The second-order valence-electron chi connectivity index (χ2n) is 6.09. The molecule has 0 atom stereocenters. The Hall–Kier alpha value is 0.269. The van der Waals surface area contributed by atoms with Crippen molar-refractivity contribution in [2.24, 2.45) is 0 Å². The van der Waals surface area contributed by atoms with Gasteiger partial charge in [0.05, 0.1) is 0 Å². The van der Waals surface area contributed by atoms with Crippen molar-refractivity contribution in [3.63, 3.8) is 0 Å². The summed E-state index contributed by atoms with van der Waals surface area (Å²) in [6.45, 7) is 2.27. The van der Waals surface area contributed by atoms with Gasteiger partial charge in [-0.05, 0) is 6.42 Å². The number of carboxylic acid groups (broad SMARTS) is 1. The Balaban J connectivity index is 0. The summed E-state index contributed by atoms with van der Waals surface area (Å²) in [7, 11) is 0. The number of aliphatic carboxylic acids is 1. The van der Waals surface area contributed by atoms with Crippen LogP contribution in [0.4, 0.5) is 0 Å². The van der Waals surface area contributed by atoms with Crippen molar-refractivity contribution in [3.05, 3.63) is 0 Å². The van der Waals surface area contributed by atoms with Crippen molar-refractivity contribution < 1.29 is 9.90 Å². The Kier molecular flexibility index (Phi) is 22.7.